The molecule has 0 saturated heterocycles. The molecule has 2 N–H and O–H groups in total. The maximum absolute atomic E-state index is 12.1. The Morgan fingerprint density at radius 1 is 1.36 bits per heavy atom. The molecule has 116 valence electrons. The van der Waals surface area contributed by atoms with Crippen LogP contribution in [0.5, 0.6) is 0 Å². The first-order valence-electron chi connectivity index (χ1n) is 7.10. The van der Waals surface area contributed by atoms with Crippen molar-refractivity contribution in [3.05, 3.63) is 46.6 Å². The van der Waals surface area contributed by atoms with Crippen LogP contribution in [0.1, 0.15) is 39.4 Å². The Hall–Kier alpha value is -2.50. The maximum atomic E-state index is 12.1. The van der Waals surface area contributed by atoms with E-state index in [0.29, 0.717) is 11.5 Å². The fraction of sp³-hybridized carbons (Fsp3) is 0.375. The molecule has 2 heterocycles. The number of amides is 1. The van der Waals surface area contributed by atoms with Gasteiger partial charge in [0.15, 0.2) is 0 Å². The van der Waals surface area contributed by atoms with Crippen LogP contribution < -0.4 is 10.9 Å². The van der Waals surface area contributed by atoms with E-state index in [1.165, 1.54) is 6.07 Å². The Morgan fingerprint density at radius 2 is 2.09 bits per heavy atom. The lowest BCUT2D eigenvalue weighted by Crippen LogP contribution is -2.37. The smallest absolute Gasteiger partial charge is 0.251 e. The van der Waals surface area contributed by atoms with Gasteiger partial charge in [-0.15, -0.1) is 0 Å². The number of nitrogens with one attached hydrogen (secondary N) is 2. The quantitative estimate of drug-likeness (QED) is 0.908. The number of aromatic nitrogens is 3. The van der Waals surface area contributed by atoms with E-state index in [1.807, 2.05) is 26.8 Å². The van der Waals surface area contributed by atoms with E-state index in [0.717, 1.165) is 5.56 Å². The van der Waals surface area contributed by atoms with Crippen LogP contribution in [0.15, 0.2) is 35.4 Å². The molecule has 0 unspecified atom stereocenters. The molecular formula is C16H20N4O2. The number of carbonyl (C=O) groups is 1. The third-order valence-electron chi connectivity index (χ3n) is 3.17. The van der Waals surface area contributed by atoms with Gasteiger partial charge in [0.2, 0.25) is 5.91 Å². The lowest BCUT2D eigenvalue weighted by molar-refractivity contribution is -0.129. The van der Waals surface area contributed by atoms with Crippen molar-refractivity contribution in [3.8, 4) is 11.4 Å². The van der Waals surface area contributed by atoms with Crippen LogP contribution in [0, 0.1) is 5.41 Å². The highest BCUT2D eigenvalue weighted by Crippen LogP contribution is 2.18. The summed E-state index contributed by atoms with van der Waals surface area (Å²) in [5, 5.41) is 2.87. The summed E-state index contributed by atoms with van der Waals surface area (Å²) in [5.41, 5.74) is 0.471. The zero-order chi connectivity index (χ0) is 16.3. The fourth-order valence-corrected chi connectivity index (χ4v) is 1.82. The molecule has 0 fully saturated rings. The Balaban J connectivity index is 2.31. The molecule has 2 aromatic rings. The van der Waals surface area contributed by atoms with Gasteiger partial charge in [-0.2, -0.15) is 0 Å². The van der Waals surface area contributed by atoms with Gasteiger partial charge in [0.1, 0.15) is 5.82 Å². The number of aromatic amines is 1. The second kappa shape index (κ2) is 6.09. The standard InChI is InChI=1S/C16H20N4O2/c1-10(18-15(22)16(2,3)4)12-8-13(21)20-14(19-12)11-6-5-7-17-9-11/h5-10H,1-4H3,(H,18,22)(H,19,20,21)/t10-/m0/s1. The van der Waals surface area contributed by atoms with Gasteiger partial charge in [0.25, 0.3) is 5.56 Å². The SMILES string of the molecule is C[C@H](NC(=O)C(C)(C)C)c1cc(=O)[nH]c(-c2cccnc2)n1. The molecule has 0 aliphatic heterocycles. The molecule has 0 aromatic carbocycles. The maximum Gasteiger partial charge on any atom is 0.251 e. The lowest BCUT2D eigenvalue weighted by atomic mass is 9.95. The van der Waals surface area contributed by atoms with Gasteiger partial charge in [-0.05, 0) is 19.1 Å². The molecular weight excluding hydrogens is 280 g/mol. The van der Waals surface area contributed by atoms with E-state index in [2.05, 4.69) is 20.3 Å². The minimum absolute atomic E-state index is 0.0926. The second-order valence-corrected chi connectivity index (χ2v) is 6.21. The van der Waals surface area contributed by atoms with Crippen molar-refractivity contribution in [2.75, 3.05) is 0 Å². The molecule has 2 aromatic heterocycles. The molecule has 0 aliphatic carbocycles. The first-order valence-corrected chi connectivity index (χ1v) is 7.10. The number of H-pyrrole nitrogens is 1. The van der Waals surface area contributed by atoms with Crippen molar-refractivity contribution >= 4 is 5.91 Å². The molecule has 1 amide bonds. The summed E-state index contributed by atoms with van der Waals surface area (Å²) in [7, 11) is 0. The van der Waals surface area contributed by atoms with Gasteiger partial charge in [-0.25, -0.2) is 4.98 Å². The summed E-state index contributed by atoms with van der Waals surface area (Å²) >= 11 is 0. The zero-order valence-corrected chi connectivity index (χ0v) is 13.2. The monoisotopic (exact) mass is 300 g/mol. The molecule has 6 nitrogen and oxygen atoms in total. The van der Waals surface area contributed by atoms with Crippen molar-refractivity contribution in [1.29, 1.82) is 0 Å². The predicted octanol–water partition coefficient (Wildman–Crippen LogP) is 2.06. The summed E-state index contributed by atoms with van der Waals surface area (Å²) in [4.78, 5) is 35.0. The van der Waals surface area contributed by atoms with E-state index >= 15 is 0 Å². The molecule has 1 atom stereocenters. The zero-order valence-electron chi connectivity index (χ0n) is 13.2. The molecule has 0 spiro atoms. The van der Waals surface area contributed by atoms with E-state index < -0.39 is 5.41 Å². The Morgan fingerprint density at radius 3 is 2.68 bits per heavy atom. The molecule has 0 bridgehead atoms. The highest BCUT2D eigenvalue weighted by Gasteiger charge is 2.23. The minimum Gasteiger partial charge on any atom is -0.348 e. The van der Waals surface area contributed by atoms with Crippen molar-refractivity contribution in [3.63, 3.8) is 0 Å². The van der Waals surface area contributed by atoms with Gasteiger partial charge in [0, 0.05) is 29.4 Å². The molecule has 6 heteroatoms. The number of hydrogen-bond acceptors (Lipinski definition) is 4. The molecule has 0 radical (unpaired) electrons. The van der Waals surface area contributed by atoms with Gasteiger partial charge in [-0.3, -0.25) is 14.6 Å². The highest BCUT2D eigenvalue weighted by molar-refractivity contribution is 5.81. The minimum atomic E-state index is -0.498. The van der Waals surface area contributed by atoms with E-state index in [9.17, 15) is 9.59 Å². The summed E-state index contributed by atoms with van der Waals surface area (Å²) < 4.78 is 0. The van der Waals surface area contributed by atoms with E-state index in [4.69, 9.17) is 0 Å². The number of carbonyl (C=O) groups excluding carboxylic acids is 1. The average molecular weight is 300 g/mol. The Labute approximate surface area is 129 Å². The molecule has 2 rings (SSSR count). The van der Waals surface area contributed by atoms with Crippen LogP contribution in [0.4, 0.5) is 0 Å². The summed E-state index contributed by atoms with van der Waals surface area (Å²) in [5.74, 6) is 0.345. The molecule has 0 saturated carbocycles. The van der Waals surface area contributed by atoms with Crippen molar-refractivity contribution in [1.82, 2.24) is 20.3 Å². The predicted molar refractivity (Wildman–Crippen MR) is 84.1 cm³/mol. The topological polar surface area (TPSA) is 87.7 Å². The second-order valence-electron chi connectivity index (χ2n) is 6.21. The number of nitrogens with zero attached hydrogens (tertiary/aromatic N) is 2. The van der Waals surface area contributed by atoms with Gasteiger partial charge in [0.05, 0.1) is 11.7 Å². The normalized spacial score (nSPS) is 12.7. The lowest BCUT2D eigenvalue weighted by Gasteiger charge is -2.21. The summed E-state index contributed by atoms with van der Waals surface area (Å²) in [6.07, 6.45) is 3.28. The first kappa shape index (κ1) is 15.9. The Kier molecular flexibility index (Phi) is 4.40. The first-order chi connectivity index (χ1) is 10.3. The van der Waals surface area contributed by atoms with Crippen molar-refractivity contribution < 1.29 is 4.79 Å². The number of hydrogen-bond donors (Lipinski definition) is 2. The summed E-state index contributed by atoms with van der Waals surface area (Å²) in [6.45, 7) is 7.31. The van der Waals surface area contributed by atoms with Crippen LogP contribution in [0.25, 0.3) is 11.4 Å². The average Bonchev–Trinajstić information content (AvgIpc) is 2.46. The van der Waals surface area contributed by atoms with E-state index in [-0.39, 0.29) is 17.5 Å². The van der Waals surface area contributed by atoms with Crippen LogP contribution in [-0.4, -0.2) is 20.9 Å². The highest BCUT2D eigenvalue weighted by atomic mass is 16.2. The number of pyridine rings is 1. The molecule has 0 aliphatic rings. The van der Waals surface area contributed by atoms with Gasteiger partial charge >= 0.3 is 0 Å². The van der Waals surface area contributed by atoms with Crippen LogP contribution in [0.2, 0.25) is 0 Å². The van der Waals surface area contributed by atoms with Crippen molar-refractivity contribution in [2.45, 2.75) is 33.7 Å². The third-order valence-corrected chi connectivity index (χ3v) is 3.17. The Bertz CT molecular complexity index is 717. The largest absolute Gasteiger partial charge is 0.348 e. The van der Waals surface area contributed by atoms with E-state index in [1.54, 1.807) is 25.4 Å². The van der Waals surface area contributed by atoms with Crippen LogP contribution >= 0.6 is 0 Å². The van der Waals surface area contributed by atoms with Crippen molar-refractivity contribution in [2.24, 2.45) is 5.41 Å². The van der Waals surface area contributed by atoms with Crippen LogP contribution in [-0.2, 0) is 4.79 Å². The van der Waals surface area contributed by atoms with Gasteiger partial charge in [-0.1, -0.05) is 20.8 Å². The van der Waals surface area contributed by atoms with Gasteiger partial charge < -0.3 is 10.3 Å². The number of rotatable bonds is 3. The molecule has 22 heavy (non-hydrogen) atoms. The van der Waals surface area contributed by atoms with Crippen LogP contribution in [0.3, 0.4) is 0 Å². The third kappa shape index (κ3) is 3.78. The summed E-state index contributed by atoms with van der Waals surface area (Å²) in [6, 6.07) is 4.62. The fourth-order valence-electron chi connectivity index (χ4n) is 1.82.